The first-order valence-electron chi connectivity index (χ1n) is 7.30. The third-order valence-electron chi connectivity index (χ3n) is 3.62. The molecule has 2 rings (SSSR count). The number of hydrogen-bond acceptors (Lipinski definition) is 4. The lowest BCUT2D eigenvalue weighted by Gasteiger charge is -2.25. The van der Waals surface area contributed by atoms with Crippen molar-refractivity contribution in [3.8, 4) is 5.75 Å². The number of carbonyl (C=O) groups excluding carboxylic acids is 1. The Kier molecular flexibility index (Phi) is 5.01. The van der Waals surface area contributed by atoms with Crippen molar-refractivity contribution in [2.24, 2.45) is 0 Å². The predicted molar refractivity (Wildman–Crippen MR) is 75.7 cm³/mol. The molecule has 1 aliphatic carbocycles. The summed E-state index contributed by atoms with van der Waals surface area (Å²) in [6.45, 7) is 4.03. The van der Waals surface area contributed by atoms with Crippen LogP contribution in [0.5, 0.6) is 5.75 Å². The maximum absolute atomic E-state index is 11.8. The van der Waals surface area contributed by atoms with Crippen LogP contribution in [-0.4, -0.2) is 23.8 Å². The van der Waals surface area contributed by atoms with Gasteiger partial charge in [0.05, 0.1) is 12.7 Å². The van der Waals surface area contributed by atoms with Crippen LogP contribution in [0.15, 0.2) is 18.2 Å². The molecule has 0 saturated carbocycles. The van der Waals surface area contributed by atoms with Crippen molar-refractivity contribution < 1.29 is 19.4 Å². The van der Waals surface area contributed by atoms with E-state index in [-0.39, 0.29) is 5.97 Å². The van der Waals surface area contributed by atoms with Crippen molar-refractivity contribution in [3.05, 3.63) is 29.3 Å². The van der Waals surface area contributed by atoms with Gasteiger partial charge >= 0.3 is 5.97 Å². The molecule has 4 nitrogen and oxygen atoms in total. The van der Waals surface area contributed by atoms with Crippen LogP contribution in [-0.2, 0) is 16.0 Å². The van der Waals surface area contributed by atoms with Gasteiger partial charge in [0.1, 0.15) is 5.75 Å². The molecule has 0 fully saturated rings. The summed E-state index contributed by atoms with van der Waals surface area (Å²) in [5, 5.41) is 10.0. The minimum absolute atomic E-state index is 0.330. The smallest absolute Gasteiger partial charge is 0.347 e. The maximum atomic E-state index is 11.8. The zero-order valence-corrected chi connectivity index (χ0v) is 12.1. The summed E-state index contributed by atoms with van der Waals surface area (Å²) in [6, 6.07) is 5.65. The maximum Gasteiger partial charge on any atom is 0.347 e. The third-order valence-corrected chi connectivity index (χ3v) is 3.62. The number of carbonyl (C=O) groups is 1. The largest absolute Gasteiger partial charge is 0.478 e. The molecule has 0 heterocycles. The molecule has 0 spiro atoms. The van der Waals surface area contributed by atoms with Gasteiger partial charge in [-0.25, -0.2) is 4.79 Å². The predicted octanol–water partition coefficient (Wildman–Crippen LogP) is 2.78. The molecule has 0 aromatic heterocycles. The summed E-state index contributed by atoms with van der Waals surface area (Å²) >= 11 is 0. The molecule has 0 bridgehead atoms. The zero-order chi connectivity index (χ0) is 14.5. The highest BCUT2D eigenvalue weighted by atomic mass is 16.6. The lowest BCUT2D eigenvalue weighted by molar-refractivity contribution is -0.151. The molecule has 2 atom stereocenters. The number of hydrogen-bond donors (Lipinski definition) is 1. The van der Waals surface area contributed by atoms with Gasteiger partial charge in [-0.15, -0.1) is 0 Å². The van der Waals surface area contributed by atoms with E-state index in [2.05, 4.69) is 0 Å². The molecule has 1 aromatic carbocycles. The molecule has 0 saturated heterocycles. The number of aliphatic hydroxyl groups excluding tert-OH is 1. The molecular weight excluding hydrogens is 256 g/mol. The molecule has 1 N–H and O–H groups in total. The van der Waals surface area contributed by atoms with Crippen LogP contribution >= 0.6 is 0 Å². The third kappa shape index (κ3) is 3.12. The number of fused-ring (bicyclic) bond motifs is 1. The van der Waals surface area contributed by atoms with E-state index < -0.39 is 12.2 Å². The fraction of sp³-hybridized carbons (Fsp3) is 0.562. The molecular formula is C16H22O4. The molecule has 1 aliphatic rings. The van der Waals surface area contributed by atoms with Crippen LogP contribution in [0.2, 0.25) is 0 Å². The van der Waals surface area contributed by atoms with Crippen molar-refractivity contribution >= 4 is 5.97 Å². The SMILES string of the molecule is CCOC(=O)C(CC)Oc1cccc2c1CCCC2O. The number of esters is 1. The van der Waals surface area contributed by atoms with Crippen molar-refractivity contribution in [3.63, 3.8) is 0 Å². The van der Waals surface area contributed by atoms with E-state index in [4.69, 9.17) is 9.47 Å². The van der Waals surface area contributed by atoms with Crippen molar-refractivity contribution in [2.45, 2.75) is 51.7 Å². The van der Waals surface area contributed by atoms with E-state index in [9.17, 15) is 9.90 Å². The van der Waals surface area contributed by atoms with E-state index in [1.165, 1.54) is 0 Å². The molecule has 1 aromatic rings. The van der Waals surface area contributed by atoms with Gasteiger partial charge in [0, 0.05) is 0 Å². The Morgan fingerprint density at radius 3 is 2.95 bits per heavy atom. The average molecular weight is 278 g/mol. The molecule has 20 heavy (non-hydrogen) atoms. The molecule has 0 aliphatic heterocycles. The Labute approximate surface area is 119 Å². The van der Waals surface area contributed by atoms with E-state index in [0.717, 1.165) is 30.4 Å². The van der Waals surface area contributed by atoms with Gasteiger partial charge in [-0.05, 0) is 49.8 Å². The Hall–Kier alpha value is -1.55. The fourth-order valence-corrected chi connectivity index (χ4v) is 2.59. The minimum Gasteiger partial charge on any atom is -0.478 e. The summed E-state index contributed by atoms with van der Waals surface area (Å²) in [6.07, 6.45) is 2.15. The first-order valence-corrected chi connectivity index (χ1v) is 7.30. The second-order valence-corrected chi connectivity index (χ2v) is 5.00. The van der Waals surface area contributed by atoms with E-state index in [1.54, 1.807) is 6.92 Å². The van der Waals surface area contributed by atoms with Gasteiger partial charge in [-0.3, -0.25) is 0 Å². The lowest BCUT2D eigenvalue weighted by atomic mass is 9.89. The Balaban J connectivity index is 2.20. The molecule has 110 valence electrons. The quantitative estimate of drug-likeness (QED) is 0.841. The average Bonchev–Trinajstić information content (AvgIpc) is 2.45. The Morgan fingerprint density at radius 1 is 1.45 bits per heavy atom. The van der Waals surface area contributed by atoms with Crippen LogP contribution in [0.1, 0.15) is 50.3 Å². The summed E-state index contributed by atoms with van der Waals surface area (Å²) in [4.78, 5) is 11.8. The molecule has 0 radical (unpaired) electrons. The number of rotatable bonds is 5. The summed E-state index contributed by atoms with van der Waals surface area (Å²) in [5.41, 5.74) is 1.95. The van der Waals surface area contributed by atoms with Crippen LogP contribution in [0, 0.1) is 0 Å². The van der Waals surface area contributed by atoms with Crippen LogP contribution in [0.4, 0.5) is 0 Å². The van der Waals surface area contributed by atoms with E-state index in [0.29, 0.717) is 18.8 Å². The second kappa shape index (κ2) is 6.75. The Bertz CT molecular complexity index is 470. The summed E-state index contributed by atoms with van der Waals surface area (Å²) < 4.78 is 10.9. The number of aliphatic hydroxyl groups is 1. The molecule has 2 unspecified atom stereocenters. The molecule has 0 amide bonds. The van der Waals surface area contributed by atoms with Gasteiger partial charge in [0.15, 0.2) is 6.10 Å². The van der Waals surface area contributed by atoms with Gasteiger partial charge < -0.3 is 14.6 Å². The Morgan fingerprint density at radius 2 is 2.25 bits per heavy atom. The highest BCUT2D eigenvalue weighted by Gasteiger charge is 2.25. The fourth-order valence-electron chi connectivity index (χ4n) is 2.59. The van der Waals surface area contributed by atoms with Crippen molar-refractivity contribution in [2.75, 3.05) is 6.61 Å². The first-order chi connectivity index (χ1) is 9.67. The molecule has 4 heteroatoms. The van der Waals surface area contributed by atoms with Gasteiger partial charge in [0.2, 0.25) is 0 Å². The number of ether oxygens (including phenoxy) is 2. The van der Waals surface area contributed by atoms with Gasteiger partial charge in [-0.2, -0.15) is 0 Å². The topological polar surface area (TPSA) is 55.8 Å². The van der Waals surface area contributed by atoms with Crippen LogP contribution < -0.4 is 4.74 Å². The highest BCUT2D eigenvalue weighted by Crippen LogP contribution is 2.35. The zero-order valence-electron chi connectivity index (χ0n) is 12.1. The second-order valence-electron chi connectivity index (χ2n) is 5.00. The summed E-state index contributed by atoms with van der Waals surface area (Å²) in [7, 11) is 0. The monoisotopic (exact) mass is 278 g/mol. The number of benzene rings is 1. The first kappa shape index (κ1) is 14.9. The van der Waals surface area contributed by atoms with Gasteiger partial charge in [0.25, 0.3) is 0 Å². The van der Waals surface area contributed by atoms with E-state index >= 15 is 0 Å². The van der Waals surface area contributed by atoms with Crippen LogP contribution in [0.3, 0.4) is 0 Å². The van der Waals surface area contributed by atoms with Gasteiger partial charge in [-0.1, -0.05) is 19.1 Å². The standard InChI is InChI=1S/C16H22O4/c1-3-14(16(18)19-4-2)20-15-10-6-7-11-12(15)8-5-9-13(11)17/h6-7,10,13-14,17H,3-5,8-9H2,1-2H3. The van der Waals surface area contributed by atoms with Crippen molar-refractivity contribution in [1.82, 2.24) is 0 Å². The van der Waals surface area contributed by atoms with E-state index in [1.807, 2.05) is 25.1 Å². The summed E-state index contributed by atoms with van der Waals surface area (Å²) in [5.74, 6) is 0.366. The lowest BCUT2D eigenvalue weighted by Crippen LogP contribution is -2.29. The van der Waals surface area contributed by atoms with Crippen molar-refractivity contribution in [1.29, 1.82) is 0 Å². The normalized spacial score (nSPS) is 19.1. The minimum atomic E-state index is -0.583. The van der Waals surface area contributed by atoms with Crippen LogP contribution in [0.25, 0.3) is 0 Å². The highest BCUT2D eigenvalue weighted by molar-refractivity contribution is 5.75.